The summed E-state index contributed by atoms with van der Waals surface area (Å²) in [5.74, 6) is 0. The van der Waals surface area contributed by atoms with Crippen LogP contribution in [-0.4, -0.2) is 0 Å². The Morgan fingerprint density at radius 3 is 1.25 bits per heavy atom. The van der Waals surface area contributed by atoms with Gasteiger partial charge in [0.2, 0.25) is 0 Å². The zero-order valence-corrected chi connectivity index (χ0v) is 4.75. The first-order valence-corrected chi connectivity index (χ1v) is 1.68. The number of rotatable bonds is 0. The molecule has 0 heterocycles. The van der Waals surface area contributed by atoms with Crippen LogP contribution in [0.5, 0.6) is 0 Å². The summed E-state index contributed by atoms with van der Waals surface area (Å²) in [5, 5.41) is 0. The largest absolute Gasteiger partial charge is 0 e. The van der Waals surface area contributed by atoms with Gasteiger partial charge in [-0.15, -0.1) is 0 Å². The molecule has 0 saturated heterocycles. The molecule has 4 heavy (non-hydrogen) atoms. The normalized spacial score (nSPS) is 2.00. The van der Waals surface area contributed by atoms with Gasteiger partial charge in [-0.1, -0.05) is 0 Å². The maximum Gasteiger partial charge on any atom is 0 e. The Morgan fingerprint density at radius 2 is 1.25 bits per heavy atom. The minimum absolute atomic E-state index is 0. The molecule has 26 valence electrons. The Kier molecular flexibility index (Phi) is 20.0. The smallest absolute Gasteiger partial charge is 0 e. The second-order valence-electron chi connectivity index (χ2n) is 0.0833. The molecule has 0 aliphatic carbocycles. The van der Waals surface area contributed by atoms with Gasteiger partial charge in [0.15, 0.2) is 0 Å². The van der Waals surface area contributed by atoms with Crippen LogP contribution in [-0.2, 0) is 46.2 Å². The van der Waals surface area contributed by atoms with Gasteiger partial charge in [-0.05, 0) is 0 Å². The van der Waals surface area contributed by atoms with Gasteiger partial charge in [0, 0.05) is 20.4 Å². The van der Waals surface area contributed by atoms with Crippen LogP contribution in [0.1, 0.15) is 0 Å². The second kappa shape index (κ2) is 9.02. The van der Waals surface area contributed by atoms with Gasteiger partial charge in [-0.25, -0.2) is 0 Å². The standard InChI is InChI=1S/2O.Pd.Ti. The fourth-order valence-corrected chi connectivity index (χ4v) is 0. The molecule has 0 atom stereocenters. The zero-order chi connectivity index (χ0) is 2.71. The van der Waals surface area contributed by atoms with Crippen molar-refractivity contribution < 1.29 is 46.2 Å². The molecule has 0 N–H and O–H groups in total. The van der Waals surface area contributed by atoms with Crippen LogP contribution < -0.4 is 0 Å². The Bertz CT molecular complexity index is 27.0. The maximum atomic E-state index is 8.50. The predicted molar refractivity (Wildman–Crippen MR) is 1.37 cm³/mol. The topological polar surface area (TPSA) is 34.1 Å². The Morgan fingerprint density at radius 1 is 1.25 bits per heavy atom. The van der Waals surface area contributed by atoms with E-state index in [1.807, 2.05) is 0 Å². The third kappa shape index (κ3) is 12.2. The van der Waals surface area contributed by atoms with Gasteiger partial charge in [0.25, 0.3) is 0 Å². The Hall–Kier alpha value is 0.977. The van der Waals surface area contributed by atoms with Crippen LogP contribution >= 0.6 is 0 Å². The van der Waals surface area contributed by atoms with Gasteiger partial charge >= 0.3 is 25.7 Å². The van der Waals surface area contributed by atoms with E-state index in [9.17, 15) is 0 Å². The van der Waals surface area contributed by atoms with Gasteiger partial charge in [-0.2, -0.15) is 0 Å². The first-order valence-electron chi connectivity index (χ1n) is 0.408. The van der Waals surface area contributed by atoms with Crippen LogP contribution in [0.4, 0.5) is 0 Å². The summed E-state index contributed by atoms with van der Waals surface area (Å²) in [6.45, 7) is 0. The molecule has 0 aromatic heterocycles. The van der Waals surface area contributed by atoms with Gasteiger partial charge in [0.1, 0.15) is 0 Å². The van der Waals surface area contributed by atoms with Crippen molar-refractivity contribution in [2.45, 2.75) is 0 Å². The van der Waals surface area contributed by atoms with Gasteiger partial charge < -0.3 is 0 Å². The van der Waals surface area contributed by atoms with E-state index in [0.29, 0.717) is 0 Å². The maximum absolute atomic E-state index is 8.50. The van der Waals surface area contributed by atoms with Crippen LogP contribution in [0, 0.1) is 0 Å². The molecule has 2 nitrogen and oxygen atoms in total. The fourth-order valence-electron chi connectivity index (χ4n) is 0. The molecule has 0 rings (SSSR count). The van der Waals surface area contributed by atoms with Crippen LogP contribution in [0.25, 0.3) is 0 Å². The molecule has 0 aromatic carbocycles. The molecule has 0 aliphatic heterocycles. The van der Waals surface area contributed by atoms with Crippen LogP contribution in [0.15, 0.2) is 0 Å². The van der Waals surface area contributed by atoms with E-state index < -0.39 is 19.1 Å². The van der Waals surface area contributed by atoms with E-state index in [2.05, 4.69) is 0 Å². The summed E-state index contributed by atoms with van der Waals surface area (Å²) >= 11 is -2.00. The molecular formula is O2PdTi. The molecule has 0 aliphatic rings. The molecular weight excluding hydrogens is 186 g/mol. The first-order chi connectivity index (χ1) is 1.41. The summed E-state index contributed by atoms with van der Waals surface area (Å²) in [6, 6.07) is 0. The van der Waals surface area contributed by atoms with E-state index in [4.69, 9.17) is 6.65 Å². The molecule has 0 fully saturated rings. The van der Waals surface area contributed by atoms with E-state index in [1.54, 1.807) is 0 Å². The van der Waals surface area contributed by atoms with Crippen molar-refractivity contribution in [1.82, 2.24) is 0 Å². The van der Waals surface area contributed by atoms with Gasteiger partial charge in [0.05, 0.1) is 0 Å². The summed E-state index contributed by atoms with van der Waals surface area (Å²) in [5.41, 5.74) is 0. The summed E-state index contributed by atoms with van der Waals surface area (Å²) in [4.78, 5) is 0. The third-order valence-corrected chi connectivity index (χ3v) is 0. The summed E-state index contributed by atoms with van der Waals surface area (Å²) in [7, 11) is 0. The van der Waals surface area contributed by atoms with Crippen molar-refractivity contribution in [3.05, 3.63) is 0 Å². The SMILES string of the molecule is [O]=[Ti]=[O].[Pd]. The molecule has 0 radical (unpaired) electrons. The van der Waals surface area contributed by atoms with Crippen molar-refractivity contribution in [2.75, 3.05) is 0 Å². The monoisotopic (exact) mass is 186 g/mol. The van der Waals surface area contributed by atoms with Gasteiger partial charge in [-0.3, -0.25) is 0 Å². The average molecular weight is 186 g/mol. The van der Waals surface area contributed by atoms with E-state index in [0.717, 1.165) is 0 Å². The molecule has 0 amide bonds. The third-order valence-electron chi connectivity index (χ3n) is 0. The minimum atomic E-state index is -2.00. The van der Waals surface area contributed by atoms with E-state index in [-0.39, 0.29) is 20.4 Å². The molecule has 0 bridgehead atoms. The number of hydrogen-bond acceptors (Lipinski definition) is 2. The average Bonchev–Trinajstić information content (AvgIpc) is 0.918. The molecule has 0 saturated carbocycles. The van der Waals surface area contributed by atoms with Crippen molar-refractivity contribution in [3.8, 4) is 0 Å². The predicted octanol–water partition coefficient (Wildman–Crippen LogP) is -0.243. The van der Waals surface area contributed by atoms with Crippen molar-refractivity contribution in [1.29, 1.82) is 0 Å². The molecule has 4 heteroatoms. The first kappa shape index (κ1) is 8.88. The molecule has 0 aromatic rings. The van der Waals surface area contributed by atoms with Crippen molar-refractivity contribution >= 4 is 0 Å². The van der Waals surface area contributed by atoms with E-state index >= 15 is 0 Å². The van der Waals surface area contributed by atoms with Crippen molar-refractivity contribution in [2.24, 2.45) is 0 Å². The second-order valence-corrected chi connectivity index (χ2v) is 0.344. The number of hydrogen-bond donors (Lipinski definition) is 0. The summed E-state index contributed by atoms with van der Waals surface area (Å²) < 4.78 is 17.0. The van der Waals surface area contributed by atoms with E-state index in [1.165, 1.54) is 0 Å². The minimum Gasteiger partial charge on any atom is 0 e. The van der Waals surface area contributed by atoms with Crippen molar-refractivity contribution in [3.63, 3.8) is 0 Å². The Balaban J connectivity index is 0. The Labute approximate surface area is 46.2 Å². The summed E-state index contributed by atoms with van der Waals surface area (Å²) in [6.07, 6.45) is 0. The van der Waals surface area contributed by atoms with Crippen LogP contribution in [0.3, 0.4) is 0 Å². The molecule has 0 spiro atoms. The fraction of sp³-hybridized carbons (Fsp3) is 0. The quantitative estimate of drug-likeness (QED) is 0.489. The van der Waals surface area contributed by atoms with Crippen LogP contribution in [0.2, 0.25) is 0 Å². The zero-order valence-electron chi connectivity index (χ0n) is 1.63. The molecule has 0 unspecified atom stereocenters.